The van der Waals surface area contributed by atoms with Gasteiger partial charge in [0.1, 0.15) is 6.54 Å². The lowest BCUT2D eigenvalue weighted by atomic mass is 10.0. The summed E-state index contributed by atoms with van der Waals surface area (Å²) in [4.78, 5) is 13.1. The number of ether oxygens (including phenoxy) is 2. The minimum Gasteiger partial charge on any atom is -0.493 e. The number of sulfonamides is 1. The molecule has 0 aliphatic heterocycles. The Morgan fingerprint density at radius 2 is 1.59 bits per heavy atom. The average molecular weight is 524 g/mol. The van der Waals surface area contributed by atoms with Crippen LogP contribution in [0.3, 0.4) is 0 Å². The Kier molecular flexibility index (Phi) is 9.30. The summed E-state index contributed by atoms with van der Waals surface area (Å²) in [5.41, 5.74) is 5.33. The fourth-order valence-corrected chi connectivity index (χ4v) is 5.16. The molecule has 9 heteroatoms. The number of rotatable bonds is 11. The molecule has 3 rings (SSSR count). The lowest BCUT2D eigenvalue weighted by molar-refractivity contribution is -0.119. The van der Waals surface area contributed by atoms with Gasteiger partial charge in [-0.15, -0.1) is 0 Å². The van der Waals surface area contributed by atoms with Crippen molar-refractivity contribution in [3.63, 3.8) is 0 Å². The third-order valence-corrected chi connectivity index (χ3v) is 7.62. The van der Waals surface area contributed by atoms with Crippen molar-refractivity contribution in [2.45, 2.75) is 38.0 Å². The van der Waals surface area contributed by atoms with E-state index in [4.69, 9.17) is 9.47 Å². The second kappa shape index (κ2) is 12.4. The molecule has 0 spiro atoms. The van der Waals surface area contributed by atoms with Crippen LogP contribution >= 0.6 is 0 Å². The molecule has 0 bridgehead atoms. The van der Waals surface area contributed by atoms with Crippen LogP contribution < -0.4 is 19.2 Å². The molecule has 3 aromatic rings. The number of amides is 1. The van der Waals surface area contributed by atoms with Gasteiger partial charge in [-0.1, -0.05) is 51.1 Å². The number of hydrogen-bond donors (Lipinski definition) is 1. The maximum atomic E-state index is 13.5. The normalized spacial score (nSPS) is 11.8. The summed E-state index contributed by atoms with van der Waals surface area (Å²) >= 11 is 0. The van der Waals surface area contributed by atoms with Gasteiger partial charge in [0, 0.05) is 5.56 Å². The quantitative estimate of drug-likeness (QED) is 0.283. The predicted molar refractivity (Wildman–Crippen MR) is 146 cm³/mol. The van der Waals surface area contributed by atoms with Gasteiger partial charge in [0.15, 0.2) is 11.5 Å². The van der Waals surface area contributed by atoms with Crippen molar-refractivity contribution in [2.75, 3.05) is 25.1 Å². The van der Waals surface area contributed by atoms with E-state index in [-0.39, 0.29) is 10.8 Å². The van der Waals surface area contributed by atoms with Gasteiger partial charge in [0.25, 0.3) is 15.9 Å². The van der Waals surface area contributed by atoms with Gasteiger partial charge in [-0.2, -0.15) is 5.10 Å². The molecular weight excluding hydrogens is 490 g/mol. The molecule has 196 valence electrons. The Labute approximate surface area is 219 Å². The molecule has 0 heterocycles. The van der Waals surface area contributed by atoms with Crippen molar-refractivity contribution in [3.8, 4) is 11.5 Å². The van der Waals surface area contributed by atoms with Crippen LogP contribution in [0.15, 0.2) is 82.8 Å². The number of hydrazone groups is 1. The Morgan fingerprint density at radius 1 is 0.946 bits per heavy atom. The molecule has 0 saturated heterocycles. The fraction of sp³-hybridized carbons (Fsp3) is 0.286. The maximum Gasteiger partial charge on any atom is 0.264 e. The zero-order chi connectivity index (χ0) is 27.0. The van der Waals surface area contributed by atoms with Gasteiger partial charge in [-0.25, -0.2) is 13.8 Å². The zero-order valence-electron chi connectivity index (χ0n) is 21.8. The molecule has 8 nitrogen and oxygen atoms in total. The second-order valence-electron chi connectivity index (χ2n) is 8.59. The van der Waals surface area contributed by atoms with Crippen LogP contribution in [-0.2, 0) is 14.8 Å². The molecule has 3 aromatic carbocycles. The Balaban J connectivity index is 1.89. The summed E-state index contributed by atoms with van der Waals surface area (Å²) in [6.07, 6.45) is 0.526. The number of benzene rings is 3. The smallest absolute Gasteiger partial charge is 0.264 e. The van der Waals surface area contributed by atoms with Crippen LogP contribution in [0.4, 0.5) is 5.69 Å². The Morgan fingerprint density at radius 3 is 2.16 bits per heavy atom. The van der Waals surface area contributed by atoms with E-state index in [9.17, 15) is 13.2 Å². The van der Waals surface area contributed by atoms with Crippen LogP contribution in [0.2, 0.25) is 0 Å². The number of methoxy groups -OCH3 is 2. The number of carbonyl (C=O) groups excluding carboxylic acids is 1. The first-order chi connectivity index (χ1) is 17.7. The highest BCUT2D eigenvalue weighted by molar-refractivity contribution is 7.92. The van der Waals surface area contributed by atoms with Gasteiger partial charge in [-0.05, 0) is 60.4 Å². The molecule has 0 aliphatic rings. The van der Waals surface area contributed by atoms with E-state index in [1.165, 1.54) is 12.1 Å². The number of nitrogens with one attached hydrogen (secondary N) is 1. The minimum atomic E-state index is -4.00. The van der Waals surface area contributed by atoms with Crippen molar-refractivity contribution >= 4 is 27.3 Å². The van der Waals surface area contributed by atoms with Gasteiger partial charge in [-0.3, -0.25) is 9.10 Å². The Bertz CT molecular complexity index is 1340. The molecular formula is C28H33N3O5S. The largest absolute Gasteiger partial charge is 0.493 e. The highest BCUT2D eigenvalue weighted by Gasteiger charge is 2.27. The van der Waals surface area contributed by atoms with Crippen molar-refractivity contribution in [2.24, 2.45) is 5.10 Å². The zero-order valence-corrected chi connectivity index (χ0v) is 22.6. The van der Waals surface area contributed by atoms with E-state index < -0.39 is 22.5 Å². The number of hydrogen-bond acceptors (Lipinski definition) is 6. The molecule has 0 unspecified atom stereocenters. The third kappa shape index (κ3) is 6.68. The van der Waals surface area contributed by atoms with E-state index in [1.807, 2.05) is 25.1 Å². The highest BCUT2D eigenvalue weighted by atomic mass is 32.2. The molecule has 0 fully saturated rings. The molecule has 0 radical (unpaired) electrons. The lowest BCUT2D eigenvalue weighted by Crippen LogP contribution is -2.39. The second-order valence-corrected chi connectivity index (χ2v) is 10.5. The summed E-state index contributed by atoms with van der Waals surface area (Å²) in [7, 11) is -0.905. The predicted octanol–water partition coefficient (Wildman–Crippen LogP) is 4.95. The van der Waals surface area contributed by atoms with E-state index in [1.54, 1.807) is 56.7 Å². The minimum absolute atomic E-state index is 0.0961. The number of nitrogens with zero attached hydrogens (tertiary/aromatic N) is 2. The average Bonchev–Trinajstić information content (AvgIpc) is 2.92. The van der Waals surface area contributed by atoms with E-state index in [2.05, 4.69) is 24.4 Å². The van der Waals surface area contributed by atoms with Crippen LogP contribution in [0, 0.1) is 0 Å². The van der Waals surface area contributed by atoms with E-state index in [0.717, 1.165) is 15.4 Å². The fourth-order valence-electron chi connectivity index (χ4n) is 3.72. The highest BCUT2D eigenvalue weighted by Crippen LogP contribution is 2.28. The number of carbonyl (C=O) groups is 1. The van der Waals surface area contributed by atoms with E-state index >= 15 is 0 Å². The molecule has 0 aromatic heterocycles. The molecule has 0 atom stereocenters. The molecule has 1 N–H and O–H groups in total. The van der Waals surface area contributed by atoms with Gasteiger partial charge in [0.2, 0.25) is 0 Å². The van der Waals surface area contributed by atoms with Gasteiger partial charge in [0.05, 0.1) is 30.5 Å². The van der Waals surface area contributed by atoms with Crippen molar-refractivity contribution in [1.82, 2.24) is 5.43 Å². The SMILES string of the molecule is CC/C(=N/NC(=O)CN(c1ccc(C(C)C)cc1)S(=O)(=O)c1ccccc1)c1ccc(OC)c(OC)c1. The molecule has 37 heavy (non-hydrogen) atoms. The topological polar surface area (TPSA) is 97.3 Å². The first-order valence-electron chi connectivity index (χ1n) is 12.0. The summed E-state index contributed by atoms with van der Waals surface area (Å²) in [6.45, 7) is 5.58. The van der Waals surface area contributed by atoms with Crippen LogP contribution in [-0.4, -0.2) is 40.8 Å². The van der Waals surface area contributed by atoms with Gasteiger partial charge >= 0.3 is 0 Å². The number of anilines is 1. The maximum absolute atomic E-state index is 13.5. The summed E-state index contributed by atoms with van der Waals surface area (Å²) < 4.78 is 38.8. The third-order valence-electron chi connectivity index (χ3n) is 5.83. The lowest BCUT2D eigenvalue weighted by Gasteiger charge is -2.24. The first-order valence-corrected chi connectivity index (χ1v) is 13.4. The van der Waals surface area contributed by atoms with Crippen LogP contribution in [0.5, 0.6) is 11.5 Å². The van der Waals surface area contributed by atoms with Crippen molar-refractivity contribution in [1.29, 1.82) is 0 Å². The summed E-state index contributed by atoms with van der Waals surface area (Å²) in [6, 6.07) is 20.6. The standard InChI is InChI=1S/C28H33N3O5S/c1-6-25(22-14-17-26(35-4)27(18-22)36-5)29-30-28(32)19-31(23-15-12-21(13-16-23)20(2)3)37(33,34)24-10-8-7-9-11-24/h7-18,20H,6,19H2,1-5H3,(H,30,32)/b29-25-. The first kappa shape index (κ1) is 27.7. The Hall–Kier alpha value is -3.85. The molecule has 1 amide bonds. The van der Waals surface area contributed by atoms with Gasteiger partial charge < -0.3 is 9.47 Å². The van der Waals surface area contributed by atoms with Crippen molar-refractivity contribution < 1.29 is 22.7 Å². The summed E-state index contributed by atoms with van der Waals surface area (Å²) in [5.74, 6) is 0.835. The molecule has 0 aliphatic carbocycles. The van der Waals surface area contributed by atoms with Crippen LogP contribution in [0.1, 0.15) is 44.2 Å². The van der Waals surface area contributed by atoms with E-state index in [0.29, 0.717) is 29.3 Å². The van der Waals surface area contributed by atoms with Crippen LogP contribution in [0.25, 0.3) is 0 Å². The monoisotopic (exact) mass is 523 g/mol. The molecule has 0 saturated carbocycles. The van der Waals surface area contributed by atoms with Crippen molar-refractivity contribution in [3.05, 3.63) is 83.9 Å². The summed E-state index contributed by atoms with van der Waals surface area (Å²) in [5, 5.41) is 4.28.